The van der Waals surface area contributed by atoms with Crippen LogP contribution in [0.2, 0.25) is 0 Å². The normalized spacial score (nSPS) is 10.4. The minimum Gasteiger partial charge on any atom is -0.465 e. The van der Waals surface area contributed by atoms with Gasteiger partial charge in [-0.2, -0.15) is 0 Å². The number of aryl methyl sites for hydroxylation is 2. The number of halogens is 1. The number of benzene rings is 1. The number of methoxy groups -OCH3 is 1. The zero-order valence-electron chi connectivity index (χ0n) is 14.0. The number of esters is 1. The van der Waals surface area contributed by atoms with Crippen LogP contribution in [-0.2, 0) is 11.2 Å². The summed E-state index contributed by atoms with van der Waals surface area (Å²) in [6.45, 7) is 6.04. The van der Waals surface area contributed by atoms with Gasteiger partial charge in [-0.3, -0.25) is 0 Å². The van der Waals surface area contributed by atoms with E-state index in [0.29, 0.717) is 15.7 Å². The maximum atomic E-state index is 12.1. The van der Waals surface area contributed by atoms with E-state index in [-0.39, 0.29) is 5.97 Å². The molecule has 0 spiro atoms. The Bertz CT molecular complexity index is 787. The molecule has 0 aliphatic carbocycles. The quantitative estimate of drug-likeness (QED) is 0.513. The van der Waals surface area contributed by atoms with Gasteiger partial charge in [-0.05, 0) is 71.7 Å². The standard InChI is InChI=1S/C17H19BrN2O2S2/c1-5-11-10(3)24-15(14(11)16(21)22-4)20-17(23)19-13-7-6-9(2)8-12(13)18/h6-8H,5H2,1-4H3,(H2,19,20,23). The minimum atomic E-state index is -0.349. The van der Waals surface area contributed by atoms with Gasteiger partial charge in [0, 0.05) is 9.35 Å². The van der Waals surface area contributed by atoms with Crippen LogP contribution in [0, 0.1) is 13.8 Å². The maximum Gasteiger partial charge on any atom is 0.341 e. The summed E-state index contributed by atoms with van der Waals surface area (Å²) in [6, 6.07) is 5.96. The Morgan fingerprint density at radius 2 is 2.04 bits per heavy atom. The number of ether oxygens (including phenoxy) is 1. The van der Waals surface area contributed by atoms with Gasteiger partial charge in [-0.1, -0.05) is 13.0 Å². The van der Waals surface area contributed by atoms with Gasteiger partial charge < -0.3 is 15.4 Å². The van der Waals surface area contributed by atoms with Crippen LogP contribution in [0.5, 0.6) is 0 Å². The molecule has 2 N–H and O–H groups in total. The van der Waals surface area contributed by atoms with Gasteiger partial charge in [0.25, 0.3) is 0 Å². The Labute approximate surface area is 159 Å². The molecule has 0 atom stereocenters. The minimum absolute atomic E-state index is 0.349. The third kappa shape index (κ3) is 4.15. The maximum absolute atomic E-state index is 12.1. The lowest BCUT2D eigenvalue weighted by atomic mass is 10.1. The first-order valence-corrected chi connectivity index (χ1v) is 9.43. The van der Waals surface area contributed by atoms with E-state index in [1.54, 1.807) is 0 Å². The molecule has 1 heterocycles. The van der Waals surface area contributed by atoms with Crippen LogP contribution >= 0.6 is 39.5 Å². The van der Waals surface area contributed by atoms with Crippen molar-refractivity contribution in [3.05, 3.63) is 44.2 Å². The molecule has 0 aliphatic heterocycles. The fourth-order valence-corrected chi connectivity index (χ4v) is 4.40. The molecule has 0 fully saturated rings. The molecule has 0 aliphatic rings. The monoisotopic (exact) mass is 426 g/mol. The molecule has 4 nitrogen and oxygen atoms in total. The molecule has 2 aromatic rings. The fourth-order valence-electron chi connectivity index (χ4n) is 2.39. The van der Waals surface area contributed by atoms with Crippen molar-refractivity contribution in [3.8, 4) is 0 Å². The van der Waals surface area contributed by atoms with Crippen LogP contribution in [0.3, 0.4) is 0 Å². The van der Waals surface area contributed by atoms with E-state index in [2.05, 4.69) is 26.6 Å². The zero-order valence-corrected chi connectivity index (χ0v) is 17.2. The predicted octanol–water partition coefficient (Wildman–Crippen LogP) is 5.29. The summed E-state index contributed by atoms with van der Waals surface area (Å²) in [5.74, 6) is -0.349. The Kier molecular flexibility index (Phi) is 6.37. The molecule has 24 heavy (non-hydrogen) atoms. The van der Waals surface area contributed by atoms with Gasteiger partial charge in [0.15, 0.2) is 5.11 Å². The first kappa shape index (κ1) is 18.9. The van der Waals surface area contributed by atoms with Crippen molar-refractivity contribution in [2.75, 3.05) is 17.7 Å². The van der Waals surface area contributed by atoms with Gasteiger partial charge in [0.1, 0.15) is 5.00 Å². The molecule has 0 amide bonds. The van der Waals surface area contributed by atoms with Crippen molar-refractivity contribution in [2.24, 2.45) is 0 Å². The second-order valence-corrected chi connectivity index (χ2v) is 7.74. The number of carbonyl (C=O) groups is 1. The fraction of sp³-hybridized carbons (Fsp3) is 0.294. The van der Waals surface area contributed by atoms with E-state index in [4.69, 9.17) is 17.0 Å². The highest BCUT2D eigenvalue weighted by Crippen LogP contribution is 2.34. The van der Waals surface area contributed by atoms with Crippen molar-refractivity contribution >= 4 is 61.3 Å². The largest absolute Gasteiger partial charge is 0.465 e. The number of anilines is 2. The van der Waals surface area contributed by atoms with E-state index >= 15 is 0 Å². The molecule has 2 rings (SSSR count). The van der Waals surface area contributed by atoms with Crippen LogP contribution in [0.25, 0.3) is 0 Å². The molecule has 1 aromatic heterocycles. The van der Waals surface area contributed by atoms with E-state index in [1.807, 2.05) is 39.0 Å². The van der Waals surface area contributed by atoms with E-state index in [1.165, 1.54) is 18.4 Å². The number of thiophene rings is 1. The van der Waals surface area contributed by atoms with Crippen molar-refractivity contribution in [3.63, 3.8) is 0 Å². The SMILES string of the molecule is CCc1c(C)sc(NC(=S)Nc2ccc(C)cc2Br)c1C(=O)OC. The smallest absolute Gasteiger partial charge is 0.341 e. The van der Waals surface area contributed by atoms with E-state index in [9.17, 15) is 4.79 Å². The number of hydrogen-bond acceptors (Lipinski definition) is 4. The Balaban J connectivity index is 2.24. The second-order valence-electron chi connectivity index (χ2n) is 5.25. The van der Waals surface area contributed by atoms with Gasteiger partial charge >= 0.3 is 5.97 Å². The number of carbonyl (C=O) groups excluding carboxylic acids is 1. The highest BCUT2D eigenvalue weighted by atomic mass is 79.9. The molecule has 1 aromatic carbocycles. The number of thiocarbonyl (C=S) groups is 1. The van der Waals surface area contributed by atoms with Gasteiger partial charge in [0.05, 0.1) is 18.4 Å². The van der Waals surface area contributed by atoms with Crippen LogP contribution in [0.4, 0.5) is 10.7 Å². The third-order valence-electron chi connectivity index (χ3n) is 3.55. The summed E-state index contributed by atoms with van der Waals surface area (Å²) in [5.41, 5.74) is 3.57. The van der Waals surface area contributed by atoms with Crippen molar-refractivity contribution in [1.82, 2.24) is 0 Å². The average molecular weight is 427 g/mol. The topological polar surface area (TPSA) is 50.4 Å². The van der Waals surface area contributed by atoms with Crippen molar-refractivity contribution in [1.29, 1.82) is 0 Å². The Morgan fingerprint density at radius 3 is 2.62 bits per heavy atom. The molecule has 0 radical (unpaired) electrons. The predicted molar refractivity (Wildman–Crippen MR) is 108 cm³/mol. The second kappa shape index (κ2) is 8.09. The van der Waals surface area contributed by atoms with Crippen LogP contribution in [0.15, 0.2) is 22.7 Å². The molecule has 0 saturated heterocycles. The molecule has 0 saturated carbocycles. The van der Waals surface area contributed by atoms with Crippen molar-refractivity contribution in [2.45, 2.75) is 27.2 Å². The van der Waals surface area contributed by atoms with Gasteiger partial charge in [-0.25, -0.2) is 4.79 Å². The van der Waals surface area contributed by atoms with Crippen LogP contribution < -0.4 is 10.6 Å². The molecule has 0 unspecified atom stereocenters. The Morgan fingerprint density at radius 1 is 1.33 bits per heavy atom. The highest BCUT2D eigenvalue weighted by molar-refractivity contribution is 9.10. The molecular weight excluding hydrogens is 408 g/mol. The number of nitrogens with one attached hydrogen (secondary N) is 2. The first-order valence-electron chi connectivity index (χ1n) is 7.42. The molecular formula is C17H19BrN2O2S2. The summed E-state index contributed by atoms with van der Waals surface area (Å²) < 4.78 is 5.85. The molecule has 7 heteroatoms. The summed E-state index contributed by atoms with van der Waals surface area (Å²) >= 11 is 10.4. The summed E-state index contributed by atoms with van der Waals surface area (Å²) in [4.78, 5) is 13.2. The average Bonchev–Trinajstić information content (AvgIpc) is 2.84. The van der Waals surface area contributed by atoms with Crippen LogP contribution in [0.1, 0.15) is 33.3 Å². The molecule has 128 valence electrons. The first-order chi connectivity index (χ1) is 11.4. The highest BCUT2D eigenvalue weighted by Gasteiger charge is 2.22. The zero-order chi connectivity index (χ0) is 17.9. The van der Waals surface area contributed by atoms with Crippen LogP contribution in [-0.4, -0.2) is 18.2 Å². The number of hydrogen-bond donors (Lipinski definition) is 2. The van der Waals surface area contributed by atoms with Crippen molar-refractivity contribution < 1.29 is 9.53 Å². The Hall–Kier alpha value is -1.44. The van der Waals surface area contributed by atoms with Gasteiger partial charge in [0.2, 0.25) is 0 Å². The number of rotatable bonds is 4. The lowest BCUT2D eigenvalue weighted by molar-refractivity contribution is 0.0601. The summed E-state index contributed by atoms with van der Waals surface area (Å²) in [5, 5.41) is 7.40. The van der Waals surface area contributed by atoms with E-state index < -0.39 is 0 Å². The summed E-state index contributed by atoms with van der Waals surface area (Å²) in [7, 11) is 1.39. The lowest BCUT2D eigenvalue weighted by Crippen LogP contribution is -2.20. The summed E-state index contributed by atoms with van der Waals surface area (Å²) in [6.07, 6.45) is 0.762. The third-order valence-corrected chi connectivity index (χ3v) is 5.48. The lowest BCUT2D eigenvalue weighted by Gasteiger charge is -2.12. The van der Waals surface area contributed by atoms with E-state index in [0.717, 1.165) is 32.6 Å². The van der Waals surface area contributed by atoms with Gasteiger partial charge in [-0.15, -0.1) is 11.3 Å². The molecule has 0 bridgehead atoms.